The second-order valence-corrected chi connectivity index (χ2v) is 5.61. The fourth-order valence-electron chi connectivity index (χ4n) is 1.83. The Labute approximate surface area is 94.8 Å². The Morgan fingerprint density at radius 2 is 2.06 bits per heavy atom. The predicted molar refractivity (Wildman–Crippen MR) is 59.8 cm³/mol. The Hall–Kier alpha value is -0.670. The van der Waals surface area contributed by atoms with Crippen LogP contribution in [-0.2, 0) is 19.2 Å². The van der Waals surface area contributed by atoms with Crippen LogP contribution in [-0.4, -0.2) is 11.5 Å². The van der Waals surface area contributed by atoms with Crippen LogP contribution in [0.5, 0.6) is 0 Å². The van der Waals surface area contributed by atoms with Gasteiger partial charge in [-0.15, -0.1) is 0 Å². The highest BCUT2D eigenvalue weighted by Crippen LogP contribution is 2.56. The van der Waals surface area contributed by atoms with E-state index in [1.807, 2.05) is 44.2 Å². The molecule has 88 valence electrons. The third kappa shape index (κ3) is 2.06. The zero-order chi connectivity index (χ0) is 11.8. The van der Waals surface area contributed by atoms with E-state index in [9.17, 15) is 9.46 Å². The van der Waals surface area contributed by atoms with E-state index >= 15 is 0 Å². The molecule has 2 rings (SSSR count). The van der Waals surface area contributed by atoms with Crippen molar-refractivity contribution < 1.29 is 18.5 Å². The van der Waals surface area contributed by atoms with E-state index in [1.54, 1.807) is 0 Å². The van der Waals surface area contributed by atoms with Gasteiger partial charge < -0.3 is 4.89 Å². The van der Waals surface area contributed by atoms with Gasteiger partial charge in [0.15, 0.2) is 0 Å². The number of hydrogen-bond donors (Lipinski definition) is 1. The molecule has 16 heavy (non-hydrogen) atoms. The first-order chi connectivity index (χ1) is 7.44. The molecule has 1 N–H and O–H groups in total. The Morgan fingerprint density at radius 1 is 1.44 bits per heavy atom. The van der Waals surface area contributed by atoms with E-state index in [2.05, 4.69) is 0 Å². The van der Waals surface area contributed by atoms with Gasteiger partial charge in [0.25, 0.3) is 0 Å². The minimum Gasteiger partial charge on any atom is -0.302 e. The molecule has 1 aliphatic heterocycles. The van der Waals surface area contributed by atoms with Gasteiger partial charge in [-0.25, -0.2) is 4.57 Å². The summed E-state index contributed by atoms with van der Waals surface area (Å²) in [6.07, 6.45) is 0. The van der Waals surface area contributed by atoms with Crippen LogP contribution >= 0.6 is 7.82 Å². The lowest BCUT2D eigenvalue weighted by atomic mass is 9.84. The Bertz CT molecular complexity index is 419. The molecule has 0 radical (unpaired) electrons. The second kappa shape index (κ2) is 3.97. The van der Waals surface area contributed by atoms with Gasteiger partial charge in [-0.2, -0.15) is 0 Å². The number of hydrogen-bond acceptors (Lipinski definition) is 3. The minimum atomic E-state index is -3.91. The maximum Gasteiger partial charge on any atom is 0.473 e. The van der Waals surface area contributed by atoms with Crippen LogP contribution < -0.4 is 0 Å². The fourth-order valence-corrected chi connectivity index (χ4v) is 3.06. The maximum atomic E-state index is 11.5. The molecule has 1 fully saturated rings. The standard InChI is InChI=1S/C11H15O4P/c1-9-8-14-16(12,13)15-11(9,2)10-6-4-3-5-7-10/h3-7,9H,8H2,1-2H3,(H,12,13). The molecule has 1 aliphatic rings. The van der Waals surface area contributed by atoms with Crippen LogP contribution in [0, 0.1) is 5.92 Å². The summed E-state index contributed by atoms with van der Waals surface area (Å²) < 4.78 is 21.5. The summed E-state index contributed by atoms with van der Waals surface area (Å²) in [6.45, 7) is 3.98. The topological polar surface area (TPSA) is 55.8 Å². The number of phosphoric ester groups is 1. The van der Waals surface area contributed by atoms with Gasteiger partial charge in [-0.3, -0.25) is 9.05 Å². The molecule has 3 atom stereocenters. The van der Waals surface area contributed by atoms with E-state index < -0.39 is 13.4 Å². The van der Waals surface area contributed by atoms with Gasteiger partial charge in [0, 0.05) is 5.92 Å². The summed E-state index contributed by atoms with van der Waals surface area (Å²) >= 11 is 0. The third-order valence-electron chi connectivity index (χ3n) is 3.08. The summed E-state index contributed by atoms with van der Waals surface area (Å²) in [7, 11) is -3.91. The van der Waals surface area contributed by atoms with Crippen molar-refractivity contribution in [2.75, 3.05) is 6.61 Å². The SMILES string of the molecule is CC1COP(=O)(O)OC1(C)c1ccccc1. The molecule has 0 saturated carbocycles. The molecule has 0 amide bonds. The fraction of sp³-hybridized carbons (Fsp3) is 0.455. The number of benzene rings is 1. The van der Waals surface area contributed by atoms with E-state index in [-0.39, 0.29) is 12.5 Å². The van der Waals surface area contributed by atoms with Crippen LogP contribution in [0.2, 0.25) is 0 Å². The van der Waals surface area contributed by atoms with Crippen molar-refractivity contribution in [3.63, 3.8) is 0 Å². The largest absolute Gasteiger partial charge is 0.473 e. The molecule has 0 bridgehead atoms. The zero-order valence-corrected chi connectivity index (χ0v) is 10.2. The molecule has 1 aromatic carbocycles. The van der Waals surface area contributed by atoms with Crippen LogP contribution in [0.1, 0.15) is 19.4 Å². The molecule has 4 nitrogen and oxygen atoms in total. The summed E-state index contributed by atoms with van der Waals surface area (Å²) in [4.78, 5) is 9.40. The molecular formula is C11H15O4P. The normalized spacial score (nSPS) is 39.6. The third-order valence-corrected chi connectivity index (χ3v) is 4.17. The van der Waals surface area contributed by atoms with Gasteiger partial charge in [0.2, 0.25) is 0 Å². The molecule has 1 saturated heterocycles. The van der Waals surface area contributed by atoms with Gasteiger partial charge in [-0.05, 0) is 12.5 Å². The van der Waals surface area contributed by atoms with Crippen molar-refractivity contribution >= 4 is 7.82 Å². The lowest BCUT2D eigenvalue weighted by molar-refractivity contribution is -0.0654. The Morgan fingerprint density at radius 3 is 2.69 bits per heavy atom. The summed E-state index contributed by atoms with van der Waals surface area (Å²) in [6, 6.07) is 9.45. The molecule has 1 aromatic rings. The van der Waals surface area contributed by atoms with E-state index in [0.717, 1.165) is 5.56 Å². The first kappa shape index (κ1) is 11.8. The first-order valence-corrected chi connectivity index (χ1v) is 6.67. The van der Waals surface area contributed by atoms with Crippen molar-refractivity contribution in [2.24, 2.45) is 5.92 Å². The highest BCUT2D eigenvalue weighted by Gasteiger charge is 2.46. The molecule has 3 unspecified atom stereocenters. The predicted octanol–water partition coefficient (Wildman–Crippen LogP) is 2.69. The van der Waals surface area contributed by atoms with E-state index in [1.165, 1.54) is 0 Å². The molecule has 0 aliphatic carbocycles. The second-order valence-electron chi connectivity index (χ2n) is 4.23. The van der Waals surface area contributed by atoms with Gasteiger partial charge >= 0.3 is 7.82 Å². The van der Waals surface area contributed by atoms with Crippen molar-refractivity contribution in [3.05, 3.63) is 35.9 Å². The van der Waals surface area contributed by atoms with Crippen LogP contribution in [0.25, 0.3) is 0 Å². The summed E-state index contributed by atoms with van der Waals surface area (Å²) in [5, 5.41) is 0. The molecule has 5 heteroatoms. The van der Waals surface area contributed by atoms with Crippen LogP contribution in [0.4, 0.5) is 0 Å². The van der Waals surface area contributed by atoms with Crippen molar-refractivity contribution in [1.82, 2.24) is 0 Å². The number of rotatable bonds is 1. The average molecular weight is 242 g/mol. The Balaban J connectivity index is 2.39. The van der Waals surface area contributed by atoms with Gasteiger partial charge in [-0.1, -0.05) is 37.3 Å². The molecule has 0 aromatic heterocycles. The van der Waals surface area contributed by atoms with Crippen molar-refractivity contribution in [2.45, 2.75) is 19.4 Å². The van der Waals surface area contributed by atoms with Gasteiger partial charge in [0.05, 0.1) is 6.61 Å². The molecule has 1 heterocycles. The lowest BCUT2D eigenvalue weighted by Gasteiger charge is -2.40. The van der Waals surface area contributed by atoms with Crippen LogP contribution in [0.3, 0.4) is 0 Å². The quantitative estimate of drug-likeness (QED) is 0.769. The van der Waals surface area contributed by atoms with Crippen LogP contribution in [0.15, 0.2) is 30.3 Å². The molecule has 0 spiro atoms. The average Bonchev–Trinajstić information content (AvgIpc) is 2.25. The van der Waals surface area contributed by atoms with E-state index in [4.69, 9.17) is 9.05 Å². The van der Waals surface area contributed by atoms with E-state index in [0.29, 0.717) is 0 Å². The zero-order valence-electron chi connectivity index (χ0n) is 9.29. The number of phosphoric acid groups is 1. The summed E-state index contributed by atoms with van der Waals surface area (Å²) in [5.41, 5.74) is 0.115. The lowest BCUT2D eigenvalue weighted by Crippen LogP contribution is -2.38. The van der Waals surface area contributed by atoms with Gasteiger partial charge in [0.1, 0.15) is 5.60 Å². The first-order valence-electron chi connectivity index (χ1n) is 5.18. The highest BCUT2D eigenvalue weighted by molar-refractivity contribution is 7.47. The molecular weight excluding hydrogens is 227 g/mol. The monoisotopic (exact) mass is 242 g/mol. The van der Waals surface area contributed by atoms with Crippen molar-refractivity contribution in [3.8, 4) is 0 Å². The highest BCUT2D eigenvalue weighted by atomic mass is 31.2. The Kier molecular flexibility index (Phi) is 2.93. The maximum absolute atomic E-state index is 11.5. The van der Waals surface area contributed by atoms with Crippen molar-refractivity contribution in [1.29, 1.82) is 0 Å². The summed E-state index contributed by atoms with van der Waals surface area (Å²) in [5.74, 6) is 0.0177. The smallest absolute Gasteiger partial charge is 0.302 e. The minimum absolute atomic E-state index is 0.0177.